The second kappa shape index (κ2) is 5.72. The lowest BCUT2D eigenvalue weighted by molar-refractivity contribution is 0.0992. The largest absolute Gasteiger partial charge is 0.311 e. The van der Waals surface area contributed by atoms with Gasteiger partial charge in [0.1, 0.15) is 5.82 Å². The first-order valence-electron chi connectivity index (χ1n) is 5.47. The molecule has 0 saturated heterocycles. The predicted octanol–water partition coefficient (Wildman–Crippen LogP) is 4.52. The number of hydrogen-bond donors (Lipinski definition) is 0. The predicted molar refractivity (Wildman–Crippen MR) is 78.3 cm³/mol. The zero-order valence-corrected chi connectivity index (χ0v) is 12.4. The van der Waals surface area contributed by atoms with Gasteiger partial charge < -0.3 is 4.90 Å². The maximum Gasteiger partial charge on any atom is 0.259 e. The number of rotatable bonds is 2. The minimum Gasteiger partial charge on any atom is -0.311 e. The van der Waals surface area contributed by atoms with E-state index in [-0.39, 0.29) is 11.7 Å². The Kier molecular flexibility index (Phi) is 4.22. The lowest BCUT2D eigenvalue weighted by Crippen LogP contribution is -2.26. The fourth-order valence-electron chi connectivity index (χ4n) is 1.64. The number of carbonyl (C=O) groups is 1. The van der Waals surface area contributed by atoms with E-state index in [4.69, 9.17) is 11.6 Å². The SMILES string of the molecule is CN(C(=O)c1cc(Cl)ccc1Br)c1cccc(F)c1. The van der Waals surface area contributed by atoms with E-state index in [0.29, 0.717) is 20.7 Å². The van der Waals surface area contributed by atoms with Gasteiger partial charge >= 0.3 is 0 Å². The van der Waals surface area contributed by atoms with Crippen molar-refractivity contribution in [2.45, 2.75) is 0 Å². The van der Waals surface area contributed by atoms with Crippen molar-refractivity contribution < 1.29 is 9.18 Å². The first kappa shape index (κ1) is 14.0. The molecule has 0 atom stereocenters. The third-order valence-electron chi connectivity index (χ3n) is 2.66. The van der Waals surface area contributed by atoms with Gasteiger partial charge in [-0.05, 0) is 52.3 Å². The third-order valence-corrected chi connectivity index (χ3v) is 3.59. The van der Waals surface area contributed by atoms with Gasteiger partial charge in [0.25, 0.3) is 5.91 Å². The zero-order chi connectivity index (χ0) is 14.0. The summed E-state index contributed by atoms with van der Waals surface area (Å²) in [5.41, 5.74) is 0.913. The maximum absolute atomic E-state index is 13.2. The molecular weight excluding hydrogens is 333 g/mol. The lowest BCUT2D eigenvalue weighted by atomic mass is 10.2. The molecule has 0 aromatic heterocycles. The van der Waals surface area contributed by atoms with Crippen molar-refractivity contribution in [3.8, 4) is 0 Å². The Labute approximate surface area is 123 Å². The highest BCUT2D eigenvalue weighted by Crippen LogP contribution is 2.24. The topological polar surface area (TPSA) is 20.3 Å². The molecule has 2 nitrogen and oxygen atoms in total. The smallest absolute Gasteiger partial charge is 0.259 e. The van der Waals surface area contributed by atoms with Crippen molar-refractivity contribution in [1.82, 2.24) is 0 Å². The fraction of sp³-hybridized carbons (Fsp3) is 0.0714. The van der Waals surface area contributed by atoms with Gasteiger partial charge in [0.2, 0.25) is 0 Å². The Morgan fingerprint density at radius 1 is 1.26 bits per heavy atom. The van der Waals surface area contributed by atoms with E-state index < -0.39 is 0 Å². The zero-order valence-electron chi connectivity index (χ0n) is 10.0. The molecule has 19 heavy (non-hydrogen) atoms. The number of halogens is 3. The van der Waals surface area contributed by atoms with Crippen molar-refractivity contribution in [1.29, 1.82) is 0 Å². The highest BCUT2D eigenvalue weighted by Gasteiger charge is 2.17. The number of benzene rings is 2. The van der Waals surface area contributed by atoms with Gasteiger partial charge in [0.05, 0.1) is 5.56 Å². The summed E-state index contributed by atoms with van der Waals surface area (Å²) in [4.78, 5) is 13.7. The van der Waals surface area contributed by atoms with Crippen molar-refractivity contribution in [2.75, 3.05) is 11.9 Å². The molecule has 0 bridgehead atoms. The van der Waals surface area contributed by atoms with Crippen LogP contribution in [0.25, 0.3) is 0 Å². The normalized spacial score (nSPS) is 10.3. The van der Waals surface area contributed by atoms with E-state index in [2.05, 4.69) is 15.9 Å². The van der Waals surface area contributed by atoms with Gasteiger partial charge in [0.15, 0.2) is 0 Å². The Balaban J connectivity index is 2.36. The van der Waals surface area contributed by atoms with Crippen LogP contribution >= 0.6 is 27.5 Å². The maximum atomic E-state index is 13.2. The standard InChI is InChI=1S/C14H10BrClFNO/c1-18(11-4-2-3-10(17)8-11)14(19)12-7-9(16)5-6-13(12)15/h2-8H,1H3. The molecule has 0 aliphatic carbocycles. The van der Waals surface area contributed by atoms with Crippen LogP contribution in [0.5, 0.6) is 0 Å². The van der Waals surface area contributed by atoms with Crippen LogP contribution in [0.15, 0.2) is 46.9 Å². The molecule has 5 heteroatoms. The van der Waals surface area contributed by atoms with Crippen LogP contribution in [0.3, 0.4) is 0 Å². The number of hydrogen-bond acceptors (Lipinski definition) is 1. The third kappa shape index (κ3) is 3.14. The quantitative estimate of drug-likeness (QED) is 0.786. The molecule has 0 unspecified atom stereocenters. The molecule has 0 fully saturated rings. The summed E-state index contributed by atoms with van der Waals surface area (Å²) in [6.45, 7) is 0. The van der Waals surface area contributed by atoms with E-state index in [1.165, 1.54) is 17.0 Å². The van der Waals surface area contributed by atoms with Crippen LogP contribution in [0.1, 0.15) is 10.4 Å². The van der Waals surface area contributed by atoms with Gasteiger partial charge in [-0.1, -0.05) is 17.7 Å². The molecule has 0 aliphatic heterocycles. The minimum atomic E-state index is -0.387. The van der Waals surface area contributed by atoms with E-state index >= 15 is 0 Å². The van der Waals surface area contributed by atoms with E-state index in [0.717, 1.165) is 0 Å². The summed E-state index contributed by atoms with van der Waals surface area (Å²) in [6.07, 6.45) is 0. The summed E-state index contributed by atoms with van der Waals surface area (Å²) in [6, 6.07) is 10.8. The first-order valence-corrected chi connectivity index (χ1v) is 6.65. The van der Waals surface area contributed by atoms with Crippen LogP contribution in [0, 0.1) is 5.82 Å². The van der Waals surface area contributed by atoms with Crippen LogP contribution in [0.4, 0.5) is 10.1 Å². The van der Waals surface area contributed by atoms with Crippen LogP contribution in [0.2, 0.25) is 5.02 Å². The molecule has 0 aliphatic rings. The van der Waals surface area contributed by atoms with Gasteiger partial charge in [-0.25, -0.2) is 4.39 Å². The lowest BCUT2D eigenvalue weighted by Gasteiger charge is -2.18. The fourth-order valence-corrected chi connectivity index (χ4v) is 2.23. The highest BCUT2D eigenvalue weighted by molar-refractivity contribution is 9.10. The molecule has 0 heterocycles. The molecule has 2 aromatic rings. The van der Waals surface area contributed by atoms with Crippen molar-refractivity contribution in [3.63, 3.8) is 0 Å². The van der Waals surface area contributed by atoms with Crippen molar-refractivity contribution in [3.05, 3.63) is 63.3 Å². The average molecular weight is 343 g/mol. The molecule has 2 aromatic carbocycles. The van der Waals surface area contributed by atoms with Crippen LogP contribution < -0.4 is 4.90 Å². The molecule has 0 radical (unpaired) electrons. The molecule has 2 rings (SSSR count). The van der Waals surface area contributed by atoms with E-state index in [1.807, 2.05) is 0 Å². The second-order valence-corrected chi connectivity index (χ2v) is 5.26. The number of anilines is 1. The number of carbonyl (C=O) groups excluding carboxylic acids is 1. The molecule has 0 spiro atoms. The Hall–Kier alpha value is -1.39. The second-order valence-electron chi connectivity index (χ2n) is 3.97. The molecule has 0 N–H and O–H groups in total. The molecular formula is C14H10BrClFNO. The molecule has 0 saturated carbocycles. The summed E-state index contributed by atoms with van der Waals surface area (Å²) >= 11 is 9.19. The number of amides is 1. The average Bonchev–Trinajstić information content (AvgIpc) is 2.40. The summed E-state index contributed by atoms with van der Waals surface area (Å²) in [5.74, 6) is -0.651. The van der Waals surface area contributed by atoms with Gasteiger partial charge in [0, 0.05) is 22.2 Å². The van der Waals surface area contributed by atoms with Gasteiger partial charge in [-0.15, -0.1) is 0 Å². The molecule has 1 amide bonds. The highest BCUT2D eigenvalue weighted by atomic mass is 79.9. The summed E-state index contributed by atoms with van der Waals surface area (Å²) < 4.78 is 13.8. The Morgan fingerprint density at radius 3 is 2.68 bits per heavy atom. The van der Waals surface area contributed by atoms with Crippen molar-refractivity contribution in [2.24, 2.45) is 0 Å². The van der Waals surface area contributed by atoms with Crippen LogP contribution in [-0.4, -0.2) is 13.0 Å². The monoisotopic (exact) mass is 341 g/mol. The van der Waals surface area contributed by atoms with E-state index in [1.54, 1.807) is 37.4 Å². The first-order chi connectivity index (χ1) is 8.99. The Morgan fingerprint density at radius 2 is 2.00 bits per heavy atom. The van der Waals surface area contributed by atoms with Crippen molar-refractivity contribution >= 4 is 39.1 Å². The minimum absolute atomic E-state index is 0.264. The van der Waals surface area contributed by atoms with Gasteiger partial charge in [-0.3, -0.25) is 4.79 Å². The number of nitrogens with zero attached hydrogens (tertiary/aromatic N) is 1. The Bertz CT molecular complexity index is 633. The van der Waals surface area contributed by atoms with E-state index in [9.17, 15) is 9.18 Å². The summed E-state index contributed by atoms with van der Waals surface area (Å²) in [5, 5.41) is 0.471. The molecule has 98 valence electrons. The van der Waals surface area contributed by atoms with Crippen LogP contribution in [-0.2, 0) is 0 Å². The van der Waals surface area contributed by atoms with Gasteiger partial charge in [-0.2, -0.15) is 0 Å². The summed E-state index contributed by atoms with van der Waals surface area (Å²) in [7, 11) is 1.59.